The van der Waals surface area contributed by atoms with Crippen LogP contribution < -0.4 is 39.9 Å². The topological polar surface area (TPSA) is 103 Å². The van der Waals surface area contributed by atoms with Gasteiger partial charge in [0.2, 0.25) is 0 Å². The number of aromatic amines is 1. The van der Waals surface area contributed by atoms with E-state index in [0.29, 0.717) is 29.2 Å². The van der Waals surface area contributed by atoms with Gasteiger partial charge in [-0.25, -0.2) is 4.98 Å². The molecule has 0 radical (unpaired) electrons. The molecule has 0 bridgehead atoms. The maximum atomic E-state index is 12.5. The molecule has 2 heterocycles. The molecular weight excluding hydrogens is 331 g/mol. The van der Waals surface area contributed by atoms with Crippen LogP contribution in [0.25, 0.3) is 22.4 Å². The summed E-state index contributed by atoms with van der Waals surface area (Å²) in [7, 11) is 1.77. The zero-order valence-electron chi connectivity index (χ0n) is 15.0. The summed E-state index contributed by atoms with van der Waals surface area (Å²) in [5.41, 5.74) is 2.62. The van der Waals surface area contributed by atoms with Gasteiger partial charge in [0.25, 0.3) is 5.56 Å². The Morgan fingerprint density at radius 2 is 1.96 bits per heavy atom. The average molecular weight is 352 g/mol. The van der Waals surface area contributed by atoms with Crippen LogP contribution in [-0.4, -0.2) is 31.8 Å². The second-order valence-electron chi connectivity index (χ2n) is 5.36. The first-order valence-corrected chi connectivity index (χ1v) is 7.83. The Bertz CT molecular complexity index is 905. The summed E-state index contributed by atoms with van der Waals surface area (Å²) in [5.74, 6) is 1.22. The smallest absolute Gasteiger partial charge is 0.870 e. The molecular formula is C17H21N4NaO3. The maximum absolute atomic E-state index is 12.5. The molecule has 1 aromatic carbocycles. The van der Waals surface area contributed by atoms with E-state index in [2.05, 4.69) is 22.0 Å². The molecule has 0 atom stereocenters. The number of benzene rings is 1. The molecule has 0 aliphatic heterocycles. The van der Waals surface area contributed by atoms with Gasteiger partial charge in [-0.1, -0.05) is 25.5 Å². The first-order valence-electron chi connectivity index (χ1n) is 7.83. The number of aromatic nitrogens is 4. The molecule has 0 saturated carbocycles. The number of ether oxygens (including phenoxy) is 1. The summed E-state index contributed by atoms with van der Waals surface area (Å²) in [6.45, 7) is 4.56. The minimum absolute atomic E-state index is 0. The summed E-state index contributed by atoms with van der Waals surface area (Å²) < 4.78 is 7.24. The van der Waals surface area contributed by atoms with E-state index in [9.17, 15) is 4.79 Å². The van der Waals surface area contributed by atoms with Gasteiger partial charge in [-0.15, -0.1) is 0 Å². The minimum atomic E-state index is -0.186. The number of para-hydroxylation sites is 1. The molecule has 0 spiro atoms. The summed E-state index contributed by atoms with van der Waals surface area (Å²) in [6.07, 6.45) is 1.74. The molecule has 0 saturated heterocycles. The number of fused-ring (bicyclic) bond motifs is 1. The standard InChI is InChI=1S/C17H20N4O2.Na.H2O/c1-4-8-12-14-15(21(3)20-12)17(22)19-16(18-14)11-9-6-7-10-13(11)23-5-2;;/h6-7,9-10H,4-5,8H2,1-3H3,(H,18,19,22);;1H2/q;+1;/p-1. The van der Waals surface area contributed by atoms with Gasteiger partial charge in [0, 0.05) is 7.05 Å². The fraction of sp³-hybridized carbons (Fsp3) is 0.353. The summed E-state index contributed by atoms with van der Waals surface area (Å²) in [6, 6.07) is 7.57. The van der Waals surface area contributed by atoms with Crippen molar-refractivity contribution in [2.75, 3.05) is 6.61 Å². The second-order valence-corrected chi connectivity index (χ2v) is 5.36. The van der Waals surface area contributed by atoms with Crippen molar-refractivity contribution in [2.24, 2.45) is 7.05 Å². The van der Waals surface area contributed by atoms with Crippen molar-refractivity contribution in [3.05, 3.63) is 40.3 Å². The Morgan fingerprint density at radius 3 is 2.64 bits per heavy atom. The molecule has 2 N–H and O–H groups in total. The van der Waals surface area contributed by atoms with E-state index >= 15 is 0 Å². The Kier molecular flexibility index (Phi) is 7.82. The van der Waals surface area contributed by atoms with Gasteiger partial charge in [-0.2, -0.15) is 5.10 Å². The van der Waals surface area contributed by atoms with Crippen LogP contribution in [0, 0.1) is 0 Å². The van der Waals surface area contributed by atoms with Crippen molar-refractivity contribution < 1.29 is 39.8 Å². The molecule has 25 heavy (non-hydrogen) atoms. The first kappa shape index (κ1) is 21.4. The van der Waals surface area contributed by atoms with Crippen molar-refractivity contribution in [1.29, 1.82) is 0 Å². The van der Waals surface area contributed by atoms with Gasteiger partial charge >= 0.3 is 29.6 Å². The third-order valence-electron chi connectivity index (χ3n) is 3.69. The van der Waals surface area contributed by atoms with Crippen LogP contribution in [0.2, 0.25) is 0 Å². The third kappa shape index (κ3) is 4.12. The van der Waals surface area contributed by atoms with E-state index < -0.39 is 0 Å². The second kappa shape index (κ2) is 9.15. The predicted molar refractivity (Wildman–Crippen MR) is 91.7 cm³/mol. The largest absolute Gasteiger partial charge is 1.00 e. The number of hydrogen-bond donors (Lipinski definition) is 1. The van der Waals surface area contributed by atoms with Crippen molar-refractivity contribution >= 4 is 11.0 Å². The number of nitrogens with zero attached hydrogens (tertiary/aromatic N) is 3. The first-order chi connectivity index (χ1) is 11.2. The van der Waals surface area contributed by atoms with Crippen molar-refractivity contribution in [1.82, 2.24) is 19.7 Å². The normalized spacial score (nSPS) is 10.2. The van der Waals surface area contributed by atoms with Crippen LogP contribution in [0.5, 0.6) is 5.75 Å². The average Bonchev–Trinajstić information content (AvgIpc) is 2.85. The Balaban J connectivity index is 0.00000156. The van der Waals surface area contributed by atoms with Crippen molar-refractivity contribution in [2.45, 2.75) is 26.7 Å². The van der Waals surface area contributed by atoms with Crippen LogP contribution in [0.1, 0.15) is 26.0 Å². The Morgan fingerprint density at radius 1 is 1.24 bits per heavy atom. The van der Waals surface area contributed by atoms with E-state index in [1.54, 1.807) is 11.7 Å². The summed E-state index contributed by atoms with van der Waals surface area (Å²) in [5, 5.41) is 4.44. The van der Waals surface area contributed by atoms with Crippen LogP contribution in [0.3, 0.4) is 0 Å². The quantitative estimate of drug-likeness (QED) is 0.624. The monoisotopic (exact) mass is 352 g/mol. The molecule has 3 aromatic rings. The molecule has 0 aliphatic rings. The molecule has 8 heteroatoms. The minimum Gasteiger partial charge on any atom is -0.870 e. The zero-order chi connectivity index (χ0) is 16.4. The fourth-order valence-electron chi connectivity index (χ4n) is 2.72. The van der Waals surface area contributed by atoms with Crippen LogP contribution >= 0.6 is 0 Å². The molecule has 0 fully saturated rings. The Labute approximate surface area is 168 Å². The Hall–Kier alpha value is -1.67. The van der Waals surface area contributed by atoms with E-state index in [4.69, 9.17) is 4.74 Å². The summed E-state index contributed by atoms with van der Waals surface area (Å²) in [4.78, 5) is 20.0. The molecule has 2 aromatic heterocycles. The number of H-pyrrole nitrogens is 1. The third-order valence-corrected chi connectivity index (χ3v) is 3.69. The molecule has 3 rings (SSSR count). The molecule has 0 aliphatic carbocycles. The van der Waals surface area contributed by atoms with E-state index in [-0.39, 0.29) is 40.6 Å². The SMILES string of the molecule is CCCc1nn(C)c2c(=O)[nH]c(-c3ccccc3OCC)nc12.[Na+].[OH-]. The number of rotatable bonds is 5. The summed E-state index contributed by atoms with van der Waals surface area (Å²) >= 11 is 0. The van der Waals surface area contributed by atoms with Gasteiger partial charge in [0.05, 0.1) is 17.9 Å². The van der Waals surface area contributed by atoms with Crippen LogP contribution in [-0.2, 0) is 13.5 Å². The predicted octanol–water partition coefficient (Wildman–Crippen LogP) is -0.498. The number of nitrogens with one attached hydrogen (secondary N) is 1. The van der Waals surface area contributed by atoms with Gasteiger partial charge in [0.15, 0.2) is 5.52 Å². The van der Waals surface area contributed by atoms with Crippen LogP contribution in [0.15, 0.2) is 29.1 Å². The molecule has 7 nitrogen and oxygen atoms in total. The zero-order valence-corrected chi connectivity index (χ0v) is 17.0. The van der Waals surface area contributed by atoms with Gasteiger partial charge in [-0.3, -0.25) is 9.48 Å². The number of aryl methyl sites for hydroxylation is 2. The fourth-order valence-corrected chi connectivity index (χ4v) is 2.72. The van der Waals surface area contributed by atoms with E-state index in [1.165, 1.54) is 0 Å². The number of hydrogen-bond acceptors (Lipinski definition) is 5. The van der Waals surface area contributed by atoms with Crippen molar-refractivity contribution in [3.8, 4) is 17.1 Å². The van der Waals surface area contributed by atoms with Gasteiger partial charge in [0.1, 0.15) is 17.1 Å². The van der Waals surface area contributed by atoms with E-state index in [1.807, 2.05) is 31.2 Å². The maximum Gasteiger partial charge on any atom is 1.00 e. The van der Waals surface area contributed by atoms with Gasteiger partial charge in [-0.05, 0) is 25.5 Å². The molecule has 0 amide bonds. The van der Waals surface area contributed by atoms with E-state index in [0.717, 1.165) is 24.1 Å². The van der Waals surface area contributed by atoms with Gasteiger partial charge < -0.3 is 15.2 Å². The van der Waals surface area contributed by atoms with Crippen molar-refractivity contribution in [3.63, 3.8) is 0 Å². The molecule has 128 valence electrons. The van der Waals surface area contributed by atoms with Crippen LogP contribution in [0.4, 0.5) is 0 Å². The molecule has 0 unspecified atom stereocenters.